The molecule has 0 unspecified atom stereocenters. The second-order valence-corrected chi connectivity index (χ2v) is 8.02. The second kappa shape index (κ2) is 5.53. The Morgan fingerprint density at radius 3 is 2.60 bits per heavy atom. The van der Waals surface area contributed by atoms with E-state index >= 15 is 0 Å². The lowest BCUT2D eigenvalue weighted by Gasteiger charge is -2.20. The normalized spacial score (nSPS) is 19.7. The largest absolute Gasteiger partial charge is 0.465 e. The van der Waals surface area contributed by atoms with E-state index in [2.05, 4.69) is 57.8 Å². The van der Waals surface area contributed by atoms with Gasteiger partial charge in [-0.1, -0.05) is 13.8 Å². The van der Waals surface area contributed by atoms with Crippen LogP contribution in [0.3, 0.4) is 0 Å². The Hall–Kier alpha value is -0.800. The lowest BCUT2D eigenvalue weighted by molar-refractivity contribution is 0.261. The lowest BCUT2D eigenvalue weighted by Crippen LogP contribution is -2.35. The zero-order valence-corrected chi connectivity index (χ0v) is 14.0. The molecule has 1 aromatic heterocycles. The Bertz CT molecular complexity index is 454. The molecule has 114 valence electrons. The van der Waals surface area contributed by atoms with Gasteiger partial charge in [0, 0.05) is 24.2 Å². The average molecular weight is 278 g/mol. The van der Waals surface area contributed by atoms with E-state index in [4.69, 9.17) is 4.42 Å². The predicted octanol–water partition coefficient (Wildman–Crippen LogP) is 3.71. The minimum Gasteiger partial charge on any atom is -0.465 e. The van der Waals surface area contributed by atoms with Crippen LogP contribution in [-0.4, -0.2) is 23.5 Å². The van der Waals surface area contributed by atoms with E-state index in [9.17, 15) is 0 Å². The fourth-order valence-corrected chi connectivity index (χ4v) is 2.78. The summed E-state index contributed by atoms with van der Waals surface area (Å²) < 4.78 is 5.93. The molecule has 0 radical (unpaired) electrons. The molecule has 1 N–H and O–H groups in total. The van der Waals surface area contributed by atoms with Crippen molar-refractivity contribution in [2.24, 2.45) is 5.41 Å². The molecule has 1 aromatic rings. The molecule has 3 heteroatoms. The Labute approximate surface area is 123 Å². The molecule has 3 nitrogen and oxygen atoms in total. The number of furan rings is 1. The van der Waals surface area contributed by atoms with Crippen molar-refractivity contribution in [2.45, 2.75) is 66.6 Å². The van der Waals surface area contributed by atoms with Gasteiger partial charge in [-0.2, -0.15) is 0 Å². The molecule has 1 aliphatic rings. The molecule has 1 saturated heterocycles. The highest BCUT2D eigenvalue weighted by atomic mass is 16.3. The summed E-state index contributed by atoms with van der Waals surface area (Å²) in [6.07, 6.45) is 1.28. The van der Waals surface area contributed by atoms with E-state index in [1.807, 2.05) is 0 Å². The summed E-state index contributed by atoms with van der Waals surface area (Å²) in [4.78, 5) is 2.50. The number of rotatable bonds is 4. The third-order valence-corrected chi connectivity index (χ3v) is 4.02. The summed E-state index contributed by atoms with van der Waals surface area (Å²) in [6, 6.07) is 2.22. The van der Waals surface area contributed by atoms with Gasteiger partial charge in [0.05, 0.1) is 6.54 Å². The smallest absolute Gasteiger partial charge is 0.118 e. The van der Waals surface area contributed by atoms with Crippen LogP contribution in [0.5, 0.6) is 0 Å². The number of hydrogen-bond acceptors (Lipinski definition) is 3. The van der Waals surface area contributed by atoms with Crippen LogP contribution in [0.25, 0.3) is 0 Å². The number of likely N-dealkylation sites (tertiary alicyclic amines) is 1. The van der Waals surface area contributed by atoms with Crippen LogP contribution < -0.4 is 5.32 Å². The van der Waals surface area contributed by atoms with Crippen molar-refractivity contribution in [2.75, 3.05) is 13.1 Å². The highest BCUT2D eigenvalue weighted by molar-refractivity contribution is 5.21. The predicted molar refractivity (Wildman–Crippen MR) is 83.7 cm³/mol. The molecule has 0 aromatic carbocycles. The number of hydrogen-bond donors (Lipinski definition) is 1. The van der Waals surface area contributed by atoms with E-state index in [0.29, 0.717) is 5.41 Å². The molecule has 20 heavy (non-hydrogen) atoms. The van der Waals surface area contributed by atoms with E-state index in [0.717, 1.165) is 24.6 Å². The molecular weight excluding hydrogens is 248 g/mol. The third kappa shape index (κ3) is 4.35. The van der Waals surface area contributed by atoms with Crippen LogP contribution in [0, 0.1) is 12.3 Å². The summed E-state index contributed by atoms with van der Waals surface area (Å²) >= 11 is 0. The Balaban J connectivity index is 1.94. The molecular formula is C17H30N2O. The van der Waals surface area contributed by atoms with Gasteiger partial charge in [0.1, 0.15) is 11.5 Å². The topological polar surface area (TPSA) is 28.4 Å². The first kappa shape index (κ1) is 15.6. The quantitative estimate of drug-likeness (QED) is 0.910. The molecule has 0 bridgehead atoms. The zero-order valence-electron chi connectivity index (χ0n) is 14.0. The SMILES string of the molecule is Cc1oc(CN2CCC(C)(C)C2)cc1CNC(C)(C)C. The summed E-state index contributed by atoms with van der Waals surface area (Å²) in [5.74, 6) is 2.15. The van der Waals surface area contributed by atoms with E-state index in [-0.39, 0.29) is 5.54 Å². The molecule has 0 spiro atoms. The summed E-state index contributed by atoms with van der Waals surface area (Å²) in [6.45, 7) is 17.5. The van der Waals surface area contributed by atoms with E-state index in [1.54, 1.807) is 0 Å². The first-order chi connectivity index (χ1) is 9.15. The fraction of sp³-hybridized carbons (Fsp3) is 0.765. The van der Waals surface area contributed by atoms with Gasteiger partial charge in [-0.3, -0.25) is 4.90 Å². The first-order valence-electron chi connectivity index (χ1n) is 7.70. The Kier molecular flexibility index (Phi) is 4.31. The van der Waals surface area contributed by atoms with Crippen LogP contribution in [0.4, 0.5) is 0 Å². The Morgan fingerprint density at radius 1 is 1.35 bits per heavy atom. The molecule has 2 heterocycles. The van der Waals surface area contributed by atoms with E-state index < -0.39 is 0 Å². The third-order valence-electron chi connectivity index (χ3n) is 4.02. The number of aryl methyl sites for hydroxylation is 1. The maximum atomic E-state index is 5.93. The van der Waals surface area contributed by atoms with Crippen molar-refractivity contribution in [3.05, 3.63) is 23.2 Å². The molecule has 0 saturated carbocycles. The lowest BCUT2D eigenvalue weighted by atomic mass is 9.93. The van der Waals surface area contributed by atoms with Gasteiger partial charge in [-0.25, -0.2) is 0 Å². The maximum absolute atomic E-state index is 5.93. The second-order valence-electron chi connectivity index (χ2n) is 8.02. The first-order valence-corrected chi connectivity index (χ1v) is 7.70. The minimum atomic E-state index is 0.142. The van der Waals surface area contributed by atoms with Gasteiger partial charge >= 0.3 is 0 Å². The standard InChI is InChI=1S/C17H30N2O/c1-13-14(10-18-16(2,3)4)9-15(20-13)11-19-8-7-17(5,6)12-19/h9,18H,7-8,10-12H2,1-6H3. The molecule has 0 aliphatic carbocycles. The maximum Gasteiger partial charge on any atom is 0.118 e. The van der Waals surface area contributed by atoms with Gasteiger partial charge in [0.2, 0.25) is 0 Å². The average Bonchev–Trinajstić information content (AvgIpc) is 2.78. The zero-order chi connectivity index (χ0) is 15.0. The molecule has 1 aliphatic heterocycles. The van der Waals surface area contributed by atoms with Crippen molar-refractivity contribution in [3.63, 3.8) is 0 Å². The summed E-state index contributed by atoms with van der Waals surface area (Å²) in [5.41, 5.74) is 1.88. The monoisotopic (exact) mass is 278 g/mol. The van der Waals surface area contributed by atoms with Crippen LogP contribution >= 0.6 is 0 Å². The molecule has 2 rings (SSSR count). The van der Waals surface area contributed by atoms with Gasteiger partial charge in [0.25, 0.3) is 0 Å². The number of nitrogens with zero attached hydrogens (tertiary/aromatic N) is 1. The van der Waals surface area contributed by atoms with Gasteiger partial charge in [-0.15, -0.1) is 0 Å². The molecule has 1 fully saturated rings. The minimum absolute atomic E-state index is 0.142. The highest BCUT2D eigenvalue weighted by Crippen LogP contribution is 2.30. The van der Waals surface area contributed by atoms with Crippen molar-refractivity contribution in [3.8, 4) is 0 Å². The van der Waals surface area contributed by atoms with Crippen molar-refractivity contribution < 1.29 is 4.42 Å². The van der Waals surface area contributed by atoms with Gasteiger partial charge in [-0.05, 0) is 52.1 Å². The molecule has 0 amide bonds. The molecule has 0 atom stereocenters. The van der Waals surface area contributed by atoms with Crippen molar-refractivity contribution >= 4 is 0 Å². The highest BCUT2D eigenvalue weighted by Gasteiger charge is 2.29. The van der Waals surface area contributed by atoms with Crippen LogP contribution in [-0.2, 0) is 13.1 Å². The number of nitrogens with one attached hydrogen (secondary N) is 1. The van der Waals surface area contributed by atoms with Crippen LogP contribution in [0.1, 0.15) is 58.1 Å². The fourth-order valence-electron chi connectivity index (χ4n) is 2.78. The van der Waals surface area contributed by atoms with E-state index in [1.165, 1.54) is 25.1 Å². The van der Waals surface area contributed by atoms with Crippen LogP contribution in [0.15, 0.2) is 10.5 Å². The van der Waals surface area contributed by atoms with Crippen molar-refractivity contribution in [1.82, 2.24) is 10.2 Å². The van der Waals surface area contributed by atoms with Gasteiger partial charge < -0.3 is 9.73 Å². The van der Waals surface area contributed by atoms with Crippen molar-refractivity contribution in [1.29, 1.82) is 0 Å². The summed E-state index contributed by atoms with van der Waals surface area (Å²) in [7, 11) is 0. The summed E-state index contributed by atoms with van der Waals surface area (Å²) in [5, 5.41) is 3.53. The van der Waals surface area contributed by atoms with Gasteiger partial charge in [0.15, 0.2) is 0 Å². The van der Waals surface area contributed by atoms with Crippen LogP contribution in [0.2, 0.25) is 0 Å². The Morgan fingerprint density at radius 2 is 2.05 bits per heavy atom.